The normalized spacial score (nSPS) is 22.1. The summed E-state index contributed by atoms with van der Waals surface area (Å²) in [4.78, 5) is 3.21. The zero-order valence-electron chi connectivity index (χ0n) is 9.04. The molecule has 15 heavy (non-hydrogen) atoms. The topological polar surface area (TPSA) is 0 Å². The largest absolute Gasteiger partial charge is 0.0741 e. The van der Waals surface area contributed by atoms with Crippen molar-refractivity contribution in [2.45, 2.75) is 51.4 Å². The first-order valence-corrected chi connectivity index (χ1v) is 9.33. The van der Waals surface area contributed by atoms with Crippen LogP contribution >= 0.6 is 31.4 Å². The lowest BCUT2D eigenvalue weighted by Gasteiger charge is -2.13. The summed E-state index contributed by atoms with van der Waals surface area (Å²) in [5.74, 6) is 0. The highest BCUT2D eigenvalue weighted by Gasteiger charge is 2.07. The van der Waals surface area contributed by atoms with Gasteiger partial charge in [0.2, 0.25) is 0 Å². The Bertz CT molecular complexity index is 230. The molecule has 0 N–H and O–H groups in total. The summed E-state index contributed by atoms with van der Waals surface area (Å²) in [6, 6.07) is 0. The predicted molar refractivity (Wildman–Crippen MR) is 75.9 cm³/mol. The molecule has 0 heterocycles. The van der Waals surface area contributed by atoms with E-state index < -0.39 is 0 Å². The van der Waals surface area contributed by atoms with Gasteiger partial charge in [0.25, 0.3) is 0 Å². The van der Waals surface area contributed by atoms with Crippen molar-refractivity contribution < 1.29 is 0 Å². The Kier molecular flexibility index (Phi) is 5.58. The number of allylic oxidation sites excluding steroid dienone is 4. The molecule has 0 aromatic rings. The molecule has 0 aromatic carbocycles. The summed E-state index contributed by atoms with van der Waals surface area (Å²) >= 11 is 0. The number of hydrogen-bond acceptors (Lipinski definition) is 3. The third kappa shape index (κ3) is 4.49. The van der Waals surface area contributed by atoms with Crippen LogP contribution in [0.25, 0.3) is 0 Å². The second kappa shape index (κ2) is 6.97. The van der Waals surface area contributed by atoms with Gasteiger partial charge in [0, 0.05) is 0 Å². The Morgan fingerprint density at radius 3 is 1.67 bits per heavy atom. The third-order valence-electron chi connectivity index (χ3n) is 2.78. The molecule has 0 atom stereocenters. The average molecular weight is 258 g/mol. The van der Waals surface area contributed by atoms with Crippen LogP contribution in [0.1, 0.15) is 51.4 Å². The molecule has 0 fully saturated rings. The van der Waals surface area contributed by atoms with Crippen LogP contribution in [-0.4, -0.2) is 0 Å². The zero-order chi connectivity index (χ0) is 10.3. The lowest BCUT2D eigenvalue weighted by molar-refractivity contribution is 0.724. The molecular weight excluding hydrogens is 240 g/mol. The summed E-state index contributed by atoms with van der Waals surface area (Å²) in [5, 5.41) is 0. The molecule has 0 amide bonds. The van der Waals surface area contributed by atoms with E-state index in [1.807, 2.05) is 31.4 Å². The summed E-state index contributed by atoms with van der Waals surface area (Å²) in [6.45, 7) is 0. The van der Waals surface area contributed by atoms with Gasteiger partial charge in [-0.1, -0.05) is 33.7 Å². The summed E-state index contributed by atoms with van der Waals surface area (Å²) in [7, 11) is 5.94. The van der Waals surface area contributed by atoms with E-state index in [0.717, 1.165) is 0 Å². The lowest BCUT2D eigenvalue weighted by atomic mass is 10.1. The van der Waals surface area contributed by atoms with Crippen molar-refractivity contribution in [1.29, 1.82) is 0 Å². The molecule has 2 rings (SSSR count). The van der Waals surface area contributed by atoms with Gasteiger partial charge in [-0.15, -0.1) is 0 Å². The molecule has 0 aromatic heterocycles. The molecule has 0 saturated heterocycles. The van der Waals surface area contributed by atoms with Gasteiger partial charge in [-0.2, -0.15) is 0 Å². The summed E-state index contributed by atoms with van der Waals surface area (Å²) in [6.07, 6.45) is 15.7. The van der Waals surface area contributed by atoms with Crippen molar-refractivity contribution in [2.75, 3.05) is 0 Å². The standard InChI is InChI=1S/C12H18S3/c1-3-7-11(8-4-1)13-15-14-12-9-5-2-6-10-12/h7,9H,1-6,8,10H2. The smallest absolute Gasteiger partial charge is 0.00734 e. The minimum Gasteiger partial charge on any atom is -0.0741 e. The Labute approximate surface area is 105 Å². The lowest BCUT2D eigenvalue weighted by Crippen LogP contribution is -1.87. The first-order valence-electron chi connectivity index (χ1n) is 5.84. The van der Waals surface area contributed by atoms with Crippen molar-refractivity contribution in [2.24, 2.45) is 0 Å². The predicted octanol–water partition coefficient (Wildman–Crippen LogP) is 5.93. The molecule has 3 heteroatoms. The van der Waals surface area contributed by atoms with Crippen molar-refractivity contribution >= 4 is 31.4 Å². The average Bonchev–Trinajstić information content (AvgIpc) is 2.32. The van der Waals surface area contributed by atoms with Gasteiger partial charge in [-0.05, 0) is 71.0 Å². The maximum absolute atomic E-state index is 2.43. The van der Waals surface area contributed by atoms with Crippen LogP contribution in [0.4, 0.5) is 0 Å². The van der Waals surface area contributed by atoms with Crippen molar-refractivity contribution in [3.8, 4) is 0 Å². The molecule has 84 valence electrons. The highest BCUT2D eigenvalue weighted by Crippen LogP contribution is 2.47. The van der Waals surface area contributed by atoms with Gasteiger partial charge in [0.05, 0.1) is 0 Å². The Balaban J connectivity index is 1.65. The zero-order valence-corrected chi connectivity index (χ0v) is 11.5. The third-order valence-corrected chi connectivity index (χ3v) is 7.00. The number of rotatable bonds is 4. The van der Waals surface area contributed by atoms with E-state index in [1.165, 1.54) is 51.4 Å². The second-order valence-electron chi connectivity index (χ2n) is 4.07. The summed E-state index contributed by atoms with van der Waals surface area (Å²) in [5.41, 5.74) is 0. The van der Waals surface area contributed by atoms with Crippen LogP contribution in [-0.2, 0) is 0 Å². The maximum Gasteiger partial charge on any atom is -0.00734 e. The first kappa shape index (κ1) is 12.0. The molecule has 0 saturated carbocycles. The molecule has 0 bridgehead atoms. The minimum absolute atomic E-state index is 1.30. The molecule has 0 nitrogen and oxygen atoms in total. The fraction of sp³-hybridized carbons (Fsp3) is 0.667. The molecule has 0 spiro atoms. The Hall–Kier alpha value is 0.530. The number of hydrogen-bond donors (Lipinski definition) is 0. The molecule has 2 aliphatic rings. The first-order chi connectivity index (χ1) is 7.45. The van der Waals surface area contributed by atoms with Crippen LogP contribution in [0.5, 0.6) is 0 Å². The fourth-order valence-electron chi connectivity index (χ4n) is 1.87. The fourth-order valence-corrected chi connectivity index (χ4v) is 6.32. The van der Waals surface area contributed by atoms with Gasteiger partial charge < -0.3 is 0 Å². The van der Waals surface area contributed by atoms with Gasteiger partial charge in [-0.3, -0.25) is 0 Å². The van der Waals surface area contributed by atoms with E-state index in [1.54, 1.807) is 9.81 Å². The van der Waals surface area contributed by atoms with Crippen molar-refractivity contribution in [3.63, 3.8) is 0 Å². The van der Waals surface area contributed by atoms with Crippen LogP contribution in [0.3, 0.4) is 0 Å². The van der Waals surface area contributed by atoms with Crippen LogP contribution in [0.15, 0.2) is 22.0 Å². The van der Waals surface area contributed by atoms with E-state index in [2.05, 4.69) is 12.2 Å². The second-order valence-corrected chi connectivity index (χ2v) is 8.22. The molecule has 0 aliphatic heterocycles. The van der Waals surface area contributed by atoms with Crippen LogP contribution < -0.4 is 0 Å². The van der Waals surface area contributed by atoms with Gasteiger partial charge in [0.1, 0.15) is 0 Å². The van der Waals surface area contributed by atoms with E-state index in [4.69, 9.17) is 0 Å². The monoisotopic (exact) mass is 258 g/mol. The van der Waals surface area contributed by atoms with E-state index in [-0.39, 0.29) is 0 Å². The van der Waals surface area contributed by atoms with Crippen molar-refractivity contribution in [1.82, 2.24) is 0 Å². The molecule has 2 aliphatic carbocycles. The maximum atomic E-state index is 2.43. The highest BCUT2D eigenvalue weighted by molar-refractivity contribution is 9.10. The van der Waals surface area contributed by atoms with Gasteiger partial charge in [0.15, 0.2) is 0 Å². The quantitative estimate of drug-likeness (QED) is 0.573. The van der Waals surface area contributed by atoms with Crippen LogP contribution in [0, 0.1) is 0 Å². The molecule has 0 unspecified atom stereocenters. The Morgan fingerprint density at radius 2 is 1.27 bits per heavy atom. The van der Waals surface area contributed by atoms with E-state index >= 15 is 0 Å². The highest BCUT2D eigenvalue weighted by atomic mass is 33.5. The Morgan fingerprint density at radius 1 is 0.733 bits per heavy atom. The van der Waals surface area contributed by atoms with E-state index in [9.17, 15) is 0 Å². The summed E-state index contributed by atoms with van der Waals surface area (Å²) < 4.78 is 0. The van der Waals surface area contributed by atoms with Gasteiger partial charge in [-0.25, -0.2) is 0 Å². The SMILES string of the molecule is C1=C(SSSC2=CCCCC2)CCCC1. The minimum atomic E-state index is 1.30. The van der Waals surface area contributed by atoms with E-state index in [0.29, 0.717) is 0 Å². The molecule has 0 radical (unpaired) electrons. The van der Waals surface area contributed by atoms with Crippen LogP contribution in [0.2, 0.25) is 0 Å². The molecular formula is C12H18S3. The van der Waals surface area contributed by atoms with Gasteiger partial charge >= 0.3 is 0 Å². The van der Waals surface area contributed by atoms with Crippen molar-refractivity contribution in [3.05, 3.63) is 22.0 Å².